The lowest BCUT2D eigenvalue weighted by molar-refractivity contribution is -0.384. The molecule has 1 aliphatic rings. The third-order valence-corrected chi connectivity index (χ3v) is 4.26. The molecule has 24 heavy (non-hydrogen) atoms. The second kappa shape index (κ2) is 6.96. The summed E-state index contributed by atoms with van der Waals surface area (Å²) in [5.74, 6) is 0.576. The van der Waals surface area contributed by atoms with Gasteiger partial charge in [0.15, 0.2) is 0 Å². The van der Waals surface area contributed by atoms with Gasteiger partial charge in [0, 0.05) is 32.5 Å². The molecule has 0 amide bonds. The van der Waals surface area contributed by atoms with E-state index in [1.54, 1.807) is 24.1 Å². The summed E-state index contributed by atoms with van der Waals surface area (Å²) in [6, 6.07) is 3.85. The first-order valence-corrected chi connectivity index (χ1v) is 8.05. The summed E-state index contributed by atoms with van der Waals surface area (Å²) in [5, 5.41) is 15.8. The second-order valence-electron chi connectivity index (χ2n) is 5.88. The second-order valence-corrected chi connectivity index (χ2v) is 5.88. The Morgan fingerprint density at radius 1 is 1.42 bits per heavy atom. The highest BCUT2D eigenvalue weighted by atomic mass is 16.6. The summed E-state index contributed by atoms with van der Waals surface area (Å²) in [4.78, 5) is 17.1. The van der Waals surface area contributed by atoms with Gasteiger partial charge in [-0.2, -0.15) is 5.10 Å². The van der Waals surface area contributed by atoms with E-state index >= 15 is 0 Å². The Morgan fingerprint density at radius 2 is 2.17 bits per heavy atom. The Hall–Kier alpha value is -2.48. The summed E-state index contributed by atoms with van der Waals surface area (Å²) in [7, 11) is 1.76. The molecule has 0 aromatic carbocycles. The molecule has 2 aromatic rings. The zero-order valence-electron chi connectivity index (χ0n) is 13.9. The van der Waals surface area contributed by atoms with Crippen LogP contribution in [0.25, 0.3) is 0 Å². The number of hydrogen-bond acceptors (Lipinski definition) is 6. The molecule has 0 aliphatic carbocycles. The third kappa shape index (κ3) is 3.23. The molecule has 0 bridgehead atoms. The van der Waals surface area contributed by atoms with Crippen LogP contribution in [0.1, 0.15) is 24.6 Å². The molecule has 2 aromatic heterocycles. The summed E-state index contributed by atoms with van der Waals surface area (Å²) in [6.07, 6.45) is 4.92. The van der Waals surface area contributed by atoms with Crippen LogP contribution in [0, 0.1) is 10.1 Å². The SMILES string of the molecule is CCc1nn(C)c(N2CC[C@H](OCc3ccncc3)C2)c1[N+](=O)[O-]. The van der Waals surface area contributed by atoms with Gasteiger partial charge in [0.05, 0.1) is 17.6 Å². The molecule has 1 saturated heterocycles. The Labute approximate surface area is 140 Å². The van der Waals surface area contributed by atoms with Crippen LogP contribution in [0.5, 0.6) is 0 Å². The molecule has 8 nitrogen and oxygen atoms in total. The van der Waals surface area contributed by atoms with Crippen molar-refractivity contribution in [3.8, 4) is 0 Å². The Balaban J connectivity index is 1.69. The number of hydrogen-bond donors (Lipinski definition) is 0. The number of aromatic nitrogens is 3. The fourth-order valence-electron chi connectivity index (χ4n) is 3.09. The summed E-state index contributed by atoms with van der Waals surface area (Å²) >= 11 is 0. The van der Waals surface area contributed by atoms with Gasteiger partial charge in [-0.1, -0.05) is 6.92 Å². The van der Waals surface area contributed by atoms with Crippen LogP contribution < -0.4 is 4.90 Å². The van der Waals surface area contributed by atoms with Gasteiger partial charge in [0.25, 0.3) is 0 Å². The molecule has 8 heteroatoms. The average molecular weight is 331 g/mol. The fourth-order valence-corrected chi connectivity index (χ4v) is 3.09. The summed E-state index contributed by atoms with van der Waals surface area (Å²) in [6.45, 7) is 3.76. The van der Waals surface area contributed by atoms with Crippen LogP contribution >= 0.6 is 0 Å². The van der Waals surface area contributed by atoms with Gasteiger partial charge < -0.3 is 9.64 Å². The maximum Gasteiger partial charge on any atom is 0.334 e. The van der Waals surface area contributed by atoms with Gasteiger partial charge in [0.1, 0.15) is 5.69 Å². The number of ether oxygens (including phenoxy) is 1. The predicted molar refractivity (Wildman–Crippen MR) is 88.9 cm³/mol. The highest BCUT2D eigenvalue weighted by Crippen LogP contribution is 2.34. The molecule has 0 saturated carbocycles. The molecule has 1 fully saturated rings. The molecule has 3 rings (SSSR count). The van der Waals surface area contributed by atoms with Gasteiger partial charge in [-0.15, -0.1) is 0 Å². The summed E-state index contributed by atoms with van der Waals surface area (Å²) in [5.41, 5.74) is 1.72. The van der Waals surface area contributed by atoms with Crippen molar-refractivity contribution >= 4 is 11.5 Å². The van der Waals surface area contributed by atoms with E-state index in [2.05, 4.69) is 10.1 Å². The maximum atomic E-state index is 11.5. The minimum absolute atomic E-state index is 0.0535. The van der Waals surface area contributed by atoms with Crippen molar-refractivity contribution in [3.05, 3.63) is 45.9 Å². The monoisotopic (exact) mass is 331 g/mol. The number of nitro groups is 1. The largest absolute Gasteiger partial charge is 0.372 e. The molecule has 128 valence electrons. The molecule has 1 aliphatic heterocycles. The van der Waals surface area contributed by atoms with E-state index in [4.69, 9.17) is 4.74 Å². The van der Waals surface area contributed by atoms with Crippen LogP contribution in [-0.4, -0.2) is 38.9 Å². The lowest BCUT2D eigenvalue weighted by atomic mass is 10.3. The van der Waals surface area contributed by atoms with Gasteiger partial charge in [-0.05, 0) is 30.5 Å². The number of pyridine rings is 1. The third-order valence-electron chi connectivity index (χ3n) is 4.26. The molecule has 1 atom stereocenters. The van der Waals surface area contributed by atoms with Crippen molar-refractivity contribution in [3.63, 3.8) is 0 Å². The highest BCUT2D eigenvalue weighted by Gasteiger charge is 2.34. The first kappa shape index (κ1) is 16.4. The number of rotatable bonds is 6. The molecular formula is C16H21N5O3. The topological polar surface area (TPSA) is 86.3 Å². The average Bonchev–Trinajstić information content (AvgIpc) is 3.17. The maximum absolute atomic E-state index is 11.5. The van der Waals surface area contributed by atoms with Gasteiger partial charge in [-0.25, -0.2) is 4.68 Å². The van der Waals surface area contributed by atoms with Gasteiger partial charge >= 0.3 is 5.69 Å². The first-order valence-electron chi connectivity index (χ1n) is 8.05. The van der Waals surface area contributed by atoms with Crippen molar-refractivity contribution in [2.24, 2.45) is 7.05 Å². The van der Waals surface area contributed by atoms with Crippen molar-refractivity contribution < 1.29 is 9.66 Å². The van der Waals surface area contributed by atoms with E-state index in [1.807, 2.05) is 24.0 Å². The fraction of sp³-hybridized carbons (Fsp3) is 0.500. The Bertz CT molecular complexity index is 716. The van der Waals surface area contributed by atoms with E-state index in [1.165, 1.54) is 0 Å². The molecule has 0 spiro atoms. The van der Waals surface area contributed by atoms with Crippen LogP contribution in [0.15, 0.2) is 24.5 Å². The normalized spacial score (nSPS) is 17.4. The number of nitrogens with zero attached hydrogens (tertiary/aromatic N) is 5. The Morgan fingerprint density at radius 3 is 2.83 bits per heavy atom. The summed E-state index contributed by atoms with van der Waals surface area (Å²) < 4.78 is 7.56. The molecular weight excluding hydrogens is 310 g/mol. The van der Waals surface area contributed by atoms with Gasteiger partial charge in [-0.3, -0.25) is 15.1 Å². The van der Waals surface area contributed by atoms with Crippen LogP contribution in [0.2, 0.25) is 0 Å². The van der Waals surface area contributed by atoms with Crippen LogP contribution in [0.3, 0.4) is 0 Å². The lowest BCUT2D eigenvalue weighted by Crippen LogP contribution is -2.25. The van der Waals surface area contributed by atoms with E-state index in [9.17, 15) is 10.1 Å². The number of anilines is 1. The zero-order valence-corrected chi connectivity index (χ0v) is 13.9. The highest BCUT2D eigenvalue weighted by molar-refractivity contribution is 5.62. The van der Waals surface area contributed by atoms with Crippen molar-refractivity contribution in [1.29, 1.82) is 0 Å². The van der Waals surface area contributed by atoms with E-state index in [0.29, 0.717) is 31.1 Å². The van der Waals surface area contributed by atoms with E-state index in [-0.39, 0.29) is 16.7 Å². The smallest absolute Gasteiger partial charge is 0.334 e. The molecule has 0 N–H and O–H groups in total. The molecule has 0 radical (unpaired) electrons. The first-order chi connectivity index (χ1) is 11.6. The molecule has 0 unspecified atom stereocenters. The van der Waals surface area contributed by atoms with E-state index in [0.717, 1.165) is 18.5 Å². The Kier molecular flexibility index (Phi) is 4.75. The predicted octanol–water partition coefficient (Wildman–Crippen LogP) is 2.08. The quantitative estimate of drug-likeness (QED) is 0.595. The standard InChI is InChI=1S/C16H21N5O3/c1-3-14-15(21(22)23)16(19(2)18-14)20-9-6-13(10-20)24-11-12-4-7-17-8-5-12/h4-5,7-8,13H,3,6,9-11H2,1-2H3/t13-/m0/s1. The lowest BCUT2D eigenvalue weighted by Gasteiger charge is -2.18. The van der Waals surface area contributed by atoms with E-state index < -0.39 is 0 Å². The van der Waals surface area contributed by atoms with Crippen molar-refractivity contribution in [2.75, 3.05) is 18.0 Å². The molecule has 3 heterocycles. The van der Waals surface area contributed by atoms with Crippen molar-refractivity contribution in [1.82, 2.24) is 14.8 Å². The number of aryl methyl sites for hydroxylation is 2. The zero-order chi connectivity index (χ0) is 17.1. The van der Waals surface area contributed by atoms with Crippen LogP contribution in [-0.2, 0) is 24.8 Å². The minimum Gasteiger partial charge on any atom is -0.372 e. The minimum atomic E-state index is -0.327. The van der Waals surface area contributed by atoms with Crippen LogP contribution in [0.4, 0.5) is 11.5 Å². The van der Waals surface area contributed by atoms with Crippen molar-refractivity contribution in [2.45, 2.75) is 32.5 Å². The van der Waals surface area contributed by atoms with Gasteiger partial charge in [0.2, 0.25) is 5.82 Å².